The lowest BCUT2D eigenvalue weighted by Crippen LogP contribution is -2.27. The van der Waals surface area contributed by atoms with Crippen molar-refractivity contribution in [1.29, 1.82) is 0 Å². The molecule has 0 aliphatic carbocycles. The second-order valence-electron chi connectivity index (χ2n) is 6.01. The van der Waals surface area contributed by atoms with E-state index >= 15 is 0 Å². The van der Waals surface area contributed by atoms with E-state index in [-0.39, 0.29) is 11.9 Å². The van der Waals surface area contributed by atoms with Crippen molar-refractivity contribution in [3.05, 3.63) is 29.6 Å². The molecule has 4 nitrogen and oxygen atoms in total. The number of halogens is 1. The van der Waals surface area contributed by atoms with Crippen molar-refractivity contribution in [1.82, 2.24) is 5.32 Å². The maximum Gasteiger partial charge on any atom is 0.412 e. The minimum absolute atomic E-state index is 0.0746. The molecule has 0 radical (unpaired) electrons. The predicted molar refractivity (Wildman–Crippen MR) is 76.2 cm³/mol. The number of hydrogen-bond donors (Lipinski definition) is 2. The van der Waals surface area contributed by atoms with Crippen LogP contribution in [0.4, 0.5) is 14.9 Å². The minimum Gasteiger partial charge on any atom is -0.444 e. The quantitative estimate of drug-likeness (QED) is 0.870. The third-order valence-corrected chi connectivity index (χ3v) is 3.08. The number of nitrogens with one attached hydrogen (secondary N) is 2. The van der Waals surface area contributed by atoms with Gasteiger partial charge in [0.25, 0.3) is 0 Å². The molecular weight excluding hydrogens is 259 g/mol. The van der Waals surface area contributed by atoms with Gasteiger partial charge >= 0.3 is 6.09 Å². The summed E-state index contributed by atoms with van der Waals surface area (Å²) >= 11 is 0. The molecule has 1 saturated heterocycles. The molecular formula is C15H21FN2O2. The van der Waals surface area contributed by atoms with Gasteiger partial charge in [-0.1, -0.05) is 6.07 Å². The zero-order valence-electron chi connectivity index (χ0n) is 12.1. The van der Waals surface area contributed by atoms with E-state index in [1.165, 1.54) is 6.07 Å². The van der Waals surface area contributed by atoms with E-state index in [0.29, 0.717) is 11.3 Å². The summed E-state index contributed by atoms with van der Waals surface area (Å²) in [7, 11) is 0. The normalized spacial score (nSPS) is 18.9. The van der Waals surface area contributed by atoms with Crippen molar-refractivity contribution < 1.29 is 13.9 Å². The summed E-state index contributed by atoms with van der Waals surface area (Å²) in [6, 6.07) is 4.82. The van der Waals surface area contributed by atoms with Crippen LogP contribution < -0.4 is 10.6 Å². The van der Waals surface area contributed by atoms with Crippen molar-refractivity contribution in [2.75, 3.05) is 11.9 Å². The second-order valence-corrected chi connectivity index (χ2v) is 6.01. The molecule has 5 heteroatoms. The lowest BCUT2D eigenvalue weighted by Gasteiger charge is -2.20. The Morgan fingerprint density at radius 1 is 1.45 bits per heavy atom. The van der Waals surface area contributed by atoms with Gasteiger partial charge in [-0.15, -0.1) is 0 Å². The van der Waals surface area contributed by atoms with E-state index in [4.69, 9.17) is 4.74 Å². The van der Waals surface area contributed by atoms with E-state index in [1.54, 1.807) is 32.9 Å². The fraction of sp³-hybridized carbons (Fsp3) is 0.533. The summed E-state index contributed by atoms with van der Waals surface area (Å²) < 4.78 is 19.2. The first-order chi connectivity index (χ1) is 9.35. The van der Waals surface area contributed by atoms with Crippen LogP contribution in [0.2, 0.25) is 0 Å². The molecule has 1 fully saturated rings. The van der Waals surface area contributed by atoms with Crippen LogP contribution in [0.3, 0.4) is 0 Å². The third-order valence-electron chi connectivity index (χ3n) is 3.08. The molecule has 1 atom stereocenters. The van der Waals surface area contributed by atoms with Crippen LogP contribution in [0, 0.1) is 5.82 Å². The highest BCUT2D eigenvalue weighted by molar-refractivity contribution is 5.84. The number of ether oxygens (including phenoxy) is 1. The summed E-state index contributed by atoms with van der Waals surface area (Å²) in [5, 5.41) is 5.79. The Hall–Kier alpha value is -1.62. The molecule has 0 saturated carbocycles. The molecule has 1 unspecified atom stereocenters. The summed E-state index contributed by atoms with van der Waals surface area (Å²) in [5.74, 6) is -0.307. The fourth-order valence-electron chi connectivity index (χ4n) is 2.26. The highest BCUT2D eigenvalue weighted by Gasteiger charge is 2.20. The van der Waals surface area contributed by atoms with Gasteiger partial charge < -0.3 is 10.1 Å². The molecule has 20 heavy (non-hydrogen) atoms. The Kier molecular flexibility index (Phi) is 4.28. The Labute approximate surface area is 118 Å². The highest BCUT2D eigenvalue weighted by Crippen LogP contribution is 2.27. The van der Waals surface area contributed by atoms with Gasteiger partial charge in [-0.05, 0) is 52.3 Å². The molecule has 1 heterocycles. The lowest BCUT2D eigenvalue weighted by molar-refractivity contribution is 0.0636. The monoisotopic (exact) mass is 280 g/mol. The van der Waals surface area contributed by atoms with Crippen LogP contribution in [0.25, 0.3) is 0 Å². The number of rotatable bonds is 2. The third kappa shape index (κ3) is 3.93. The summed E-state index contributed by atoms with van der Waals surface area (Å²) in [5.41, 5.74) is 0.479. The van der Waals surface area contributed by atoms with Gasteiger partial charge in [0.05, 0.1) is 0 Å². The van der Waals surface area contributed by atoms with E-state index in [9.17, 15) is 9.18 Å². The molecule has 1 aliphatic rings. The number of anilines is 1. The van der Waals surface area contributed by atoms with Crippen LogP contribution in [0.5, 0.6) is 0 Å². The topological polar surface area (TPSA) is 50.4 Å². The molecule has 0 aromatic heterocycles. The van der Waals surface area contributed by atoms with Gasteiger partial charge in [-0.25, -0.2) is 9.18 Å². The fourth-order valence-corrected chi connectivity index (χ4v) is 2.26. The first kappa shape index (κ1) is 14.8. The predicted octanol–water partition coefficient (Wildman–Crippen LogP) is 3.60. The van der Waals surface area contributed by atoms with E-state index in [2.05, 4.69) is 10.6 Å². The van der Waals surface area contributed by atoms with Crippen molar-refractivity contribution in [3.63, 3.8) is 0 Å². The van der Waals surface area contributed by atoms with Crippen LogP contribution in [-0.2, 0) is 4.74 Å². The number of carbonyl (C=O) groups is 1. The van der Waals surface area contributed by atoms with Crippen LogP contribution in [0.15, 0.2) is 18.2 Å². The molecule has 1 aliphatic heterocycles. The zero-order valence-corrected chi connectivity index (χ0v) is 12.1. The van der Waals surface area contributed by atoms with Gasteiger partial charge in [0.2, 0.25) is 0 Å². The zero-order chi connectivity index (χ0) is 14.8. The van der Waals surface area contributed by atoms with E-state index in [0.717, 1.165) is 19.4 Å². The largest absolute Gasteiger partial charge is 0.444 e. The Bertz CT molecular complexity index is 491. The SMILES string of the molecule is CC(C)(C)OC(=O)Nc1ccc(C2CCCN2)c(F)c1. The van der Waals surface area contributed by atoms with Crippen molar-refractivity contribution >= 4 is 11.8 Å². The van der Waals surface area contributed by atoms with Gasteiger partial charge in [-0.3, -0.25) is 5.32 Å². The molecule has 1 aromatic carbocycles. The van der Waals surface area contributed by atoms with Crippen molar-refractivity contribution in [3.8, 4) is 0 Å². The van der Waals surface area contributed by atoms with Crippen molar-refractivity contribution in [2.45, 2.75) is 45.3 Å². The Balaban J connectivity index is 2.03. The first-order valence-electron chi connectivity index (χ1n) is 6.88. The number of hydrogen-bond acceptors (Lipinski definition) is 3. The minimum atomic E-state index is -0.580. The van der Waals surface area contributed by atoms with E-state index in [1.807, 2.05) is 0 Å². The Morgan fingerprint density at radius 3 is 2.75 bits per heavy atom. The number of benzene rings is 1. The molecule has 2 rings (SSSR count). The first-order valence-corrected chi connectivity index (χ1v) is 6.88. The highest BCUT2D eigenvalue weighted by atomic mass is 19.1. The average Bonchev–Trinajstić information content (AvgIpc) is 2.79. The van der Waals surface area contributed by atoms with Crippen LogP contribution in [0.1, 0.15) is 45.2 Å². The molecule has 0 bridgehead atoms. The Morgan fingerprint density at radius 2 is 2.20 bits per heavy atom. The van der Waals surface area contributed by atoms with Crippen molar-refractivity contribution in [2.24, 2.45) is 0 Å². The van der Waals surface area contributed by atoms with Crippen LogP contribution in [-0.4, -0.2) is 18.2 Å². The summed E-state index contributed by atoms with van der Waals surface area (Å²) in [4.78, 5) is 11.6. The molecule has 110 valence electrons. The number of carbonyl (C=O) groups excluding carboxylic acids is 1. The standard InChI is InChI=1S/C15H21FN2O2/c1-15(2,3)20-14(19)18-10-6-7-11(12(16)9-10)13-5-4-8-17-13/h6-7,9,13,17H,4-5,8H2,1-3H3,(H,18,19). The van der Waals surface area contributed by atoms with Gasteiger partial charge in [0, 0.05) is 17.3 Å². The maximum absolute atomic E-state index is 14.1. The van der Waals surface area contributed by atoms with Gasteiger partial charge in [-0.2, -0.15) is 0 Å². The molecule has 1 aromatic rings. The number of amides is 1. The molecule has 1 amide bonds. The lowest BCUT2D eigenvalue weighted by atomic mass is 10.0. The molecule has 0 spiro atoms. The summed E-state index contributed by atoms with van der Waals surface area (Å²) in [6.07, 6.45) is 1.42. The smallest absolute Gasteiger partial charge is 0.412 e. The second kappa shape index (κ2) is 5.79. The molecule has 2 N–H and O–H groups in total. The average molecular weight is 280 g/mol. The maximum atomic E-state index is 14.1. The van der Waals surface area contributed by atoms with E-state index < -0.39 is 11.7 Å². The van der Waals surface area contributed by atoms with Crippen LogP contribution >= 0.6 is 0 Å². The van der Waals surface area contributed by atoms with Gasteiger partial charge in [0.15, 0.2) is 0 Å². The van der Waals surface area contributed by atoms with Gasteiger partial charge in [0.1, 0.15) is 11.4 Å². The summed E-state index contributed by atoms with van der Waals surface area (Å²) in [6.45, 7) is 6.26.